The van der Waals surface area contributed by atoms with Gasteiger partial charge in [-0.1, -0.05) is 51.1 Å². The monoisotopic (exact) mass is 285 g/mol. The second-order valence-corrected chi connectivity index (χ2v) is 6.62. The van der Waals surface area contributed by atoms with Gasteiger partial charge < -0.3 is 5.32 Å². The number of nitrogens with one attached hydrogen (secondary N) is 1. The first-order valence-corrected chi connectivity index (χ1v) is 7.80. The van der Waals surface area contributed by atoms with Crippen molar-refractivity contribution in [3.8, 4) is 0 Å². The Morgan fingerprint density at radius 1 is 1.19 bits per heavy atom. The molecular formula is C18H27N3. The Morgan fingerprint density at radius 2 is 1.90 bits per heavy atom. The van der Waals surface area contributed by atoms with Gasteiger partial charge in [0.1, 0.15) is 0 Å². The predicted molar refractivity (Wildman–Crippen MR) is 88.2 cm³/mol. The van der Waals surface area contributed by atoms with Crippen molar-refractivity contribution in [3.63, 3.8) is 0 Å². The zero-order valence-electron chi connectivity index (χ0n) is 13.6. The number of benzene rings is 1. The van der Waals surface area contributed by atoms with Crippen LogP contribution in [-0.2, 0) is 13.0 Å². The van der Waals surface area contributed by atoms with Gasteiger partial charge in [0, 0.05) is 18.8 Å². The molecule has 114 valence electrons. The quantitative estimate of drug-likeness (QED) is 0.874. The standard InChI is InChI=1S/C18H27N3/c1-5-21-14-15(13-20-21)11-12-19-17(18(2,3)4)16-9-7-6-8-10-16/h6-10,13-14,17,19H,5,11-12H2,1-4H3. The van der Waals surface area contributed by atoms with Crippen molar-refractivity contribution >= 4 is 0 Å². The molecule has 3 heteroatoms. The first-order valence-electron chi connectivity index (χ1n) is 7.80. The highest BCUT2D eigenvalue weighted by Crippen LogP contribution is 2.32. The van der Waals surface area contributed by atoms with E-state index in [9.17, 15) is 0 Å². The molecule has 3 nitrogen and oxygen atoms in total. The molecule has 0 aliphatic rings. The van der Waals surface area contributed by atoms with Crippen LogP contribution in [0.25, 0.3) is 0 Å². The molecule has 1 aromatic carbocycles. The topological polar surface area (TPSA) is 29.9 Å². The molecule has 0 saturated heterocycles. The number of nitrogens with zero attached hydrogens (tertiary/aromatic N) is 2. The Bertz CT molecular complexity index is 537. The maximum absolute atomic E-state index is 4.33. The minimum absolute atomic E-state index is 0.189. The third-order valence-electron chi connectivity index (χ3n) is 3.77. The van der Waals surface area contributed by atoms with Crippen molar-refractivity contribution < 1.29 is 0 Å². The molecule has 21 heavy (non-hydrogen) atoms. The summed E-state index contributed by atoms with van der Waals surface area (Å²) < 4.78 is 1.98. The maximum atomic E-state index is 4.33. The fraction of sp³-hybridized carbons (Fsp3) is 0.500. The van der Waals surface area contributed by atoms with Crippen LogP contribution in [0.4, 0.5) is 0 Å². The molecule has 0 aliphatic heterocycles. The second kappa shape index (κ2) is 6.90. The molecular weight excluding hydrogens is 258 g/mol. The average Bonchev–Trinajstić information content (AvgIpc) is 2.91. The van der Waals surface area contributed by atoms with Gasteiger partial charge in [0.2, 0.25) is 0 Å². The van der Waals surface area contributed by atoms with E-state index >= 15 is 0 Å². The highest BCUT2D eigenvalue weighted by Gasteiger charge is 2.25. The van der Waals surface area contributed by atoms with Crippen molar-refractivity contribution in [2.75, 3.05) is 6.54 Å². The molecule has 0 aliphatic carbocycles. The normalized spacial score (nSPS) is 13.3. The van der Waals surface area contributed by atoms with Crippen LogP contribution in [0, 0.1) is 5.41 Å². The summed E-state index contributed by atoms with van der Waals surface area (Å²) in [7, 11) is 0. The first-order chi connectivity index (χ1) is 10.0. The Balaban J connectivity index is 1.97. The van der Waals surface area contributed by atoms with Crippen LogP contribution in [0.2, 0.25) is 0 Å². The summed E-state index contributed by atoms with van der Waals surface area (Å²) in [5.74, 6) is 0. The van der Waals surface area contributed by atoms with E-state index in [1.165, 1.54) is 11.1 Å². The third-order valence-corrected chi connectivity index (χ3v) is 3.77. The summed E-state index contributed by atoms with van der Waals surface area (Å²) in [6, 6.07) is 11.1. The predicted octanol–water partition coefficient (Wildman–Crippen LogP) is 3.82. The first kappa shape index (κ1) is 15.8. The van der Waals surface area contributed by atoms with E-state index in [0.29, 0.717) is 6.04 Å². The van der Waals surface area contributed by atoms with Gasteiger partial charge in [-0.25, -0.2) is 0 Å². The van der Waals surface area contributed by atoms with E-state index in [2.05, 4.69) is 74.6 Å². The van der Waals surface area contributed by atoms with Gasteiger partial charge in [0.25, 0.3) is 0 Å². The number of aromatic nitrogens is 2. The smallest absolute Gasteiger partial charge is 0.0522 e. The molecule has 2 aromatic rings. The number of rotatable bonds is 6. The molecule has 1 unspecified atom stereocenters. The molecule has 2 rings (SSSR count). The van der Waals surface area contributed by atoms with Crippen LogP contribution in [0.5, 0.6) is 0 Å². The summed E-state index contributed by atoms with van der Waals surface area (Å²) in [6.45, 7) is 10.9. The minimum Gasteiger partial charge on any atom is -0.309 e. The van der Waals surface area contributed by atoms with Crippen LogP contribution >= 0.6 is 0 Å². The zero-order valence-corrected chi connectivity index (χ0v) is 13.6. The molecule has 1 aromatic heterocycles. The Labute approximate surface area is 128 Å². The Kier molecular flexibility index (Phi) is 5.18. The van der Waals surface area contributed by atoms with Crippen LogP contribution in [-0.4, -0.2) is 16.3 Å². The molecule has 0 bridgehead atoms. The van der Waals surface area contributed by atoms with Gasteiger partial charge in [0.05, 0.1) is 6.20 Å². The van der Waals surface area contributed by atoms with E-state index in [1.807, 2.05) is 10.9 Å². The fourth-order valence-electron chi connectivity index (χ4n) is 2.64. The van der Waals surface area contributed by atoms with Gasteiger partial charge in [-0.2, -0.15) is 5.10 Å². The van der Waals surface area contributed by atoms with Gasteiger partial charge in [-0.15, -0.1) is 0 Å². The lowest BCUT2D eigenvalue weighted by Crippen LogP contribution is -2.33. The maximum Gasteiger partial charge on any atom is 0.0522 e. The summed E-state index contributed by atoms with van der Waals surface area (Å²) in [5, 5.41) is 8.04. The SMILES string of the molecule is CCn1cc(CCNC(c2ccccc2)C(C)(C)C)cn1. The van der Waals surface area contributed by atoms with Crippen molar-refractivity contribution in [2.45, 2.75) is 46.7 Å². The Morgan fingerprint density at radius 3 is 2.48 bits per heavy atom. The molecule has 0 saturated carbocycles. The summed E-state index contributed by atoms with van der Waals surface area (Å²) >= 11 is 0. The molecule has 1 N–H and O–H groups in total. The summed E-state index contributed by atoms with van der Waals surface area (Å²) in [5.41, 5.74) is 2.84. The molecule has 1 atom stereocenters. The zero-order chi connectivity index (χ0) is 15.3. The van der Waals surface area contributed by atoms with Gasteiger partial charge in [-0.3, -0.25) is 4.68 Å². The number of aryl methyl sites for hydroxylation is 1. The highest BCUT2D eigenvalue weighted by molar-refractivity contribution is 5.20. The number of hydrogen-bond donors (Lipinski definition) is 1. The van der Waals surface area contributed by atoms with Crippen molar-refractivity contribution in [3.05, 3.63) is 53.9 Å². The fourth-order valence-corrected chi connectivity index (χ4v) is 2.64. The van der Waals surface area contributed by atoms with Crippen LogP contribution in [0.15, 0.2) is 42.7 Å². The van der Waals surface area contributed by atoms with Crippen molar-refractivity contribution in [1.29, 1.82) is 0 Å². The van der Waals surface area contributed by atoms with Gasteiger partial charge >= 0.3 is 0 Å². The minimum atomic E-state index is 0.189. The van der Waals surface area contributed by atoms with Gasteiger partial charge in [-0.05, 0) is 36.4 Å². The van der Waals surface area contributed by atoms with E-state index < -0.39 is 0 Å². The van der Waals surface area contributed by atoms with Crippen LogP contribution < -0.4 is 5.32 Å². The molecule has 0 fully saturated rings. The lowest BCUT2D eigenvalue weighted by Gasteiger charge is -2.32. The lowest BCUT2D eigenvalue weighted by molar-refractivity contribution is 0.274. The van der Waals surface area contributed by atoms with Crippen molar-refractivity contribution in [1.82, 2.24) is 15.1 Å². The van der Waals surface area contributed by atoms with E-state index in [0.717, 1.165) is 19.5 Å². The Hall–Kier alpha value is -1.61. The highest BCUT2D eigenvalue weighted by atomic mass is 15.3. The van der Waals surface area contributed by atoms with E-state index in [1.54, 1.807) is 0 Å². The average molecular weight is 285 g/mol. The lowest BCUT2D eigenvalue weighted by atomic mass is 9.82. The second-order valence-electron chi connectivity index (χ2n) is 6.62. The van der Waals surface area contributed by atoms with E-state index in [-0.39, 0.29) is 5.41 Å². The molecule has 0 spiro atoms. The summed E-state index contributed by atoms with van der Waals surface area (Å²) in [4.78, 5) is 0. The molecule has 0 radical (unpaired) electrons. The largest absolute Gasteiger partial charge is 0.309 e. The van der Waals surface area contributed by atoms with Crippen molar-refractivity contribution in [2.24, 2.45) is 5.41 Å². The molecule has 0 amide bonds. The summed E-state index contributed by atoms with van der Waals surface area (Å²) in [6.07, 6.45) is 5.12. The number of hydrogen-bond acceptors (Lipinski definition) is 2. The van der Waals surface area contributed by atoms with Crippen LogP contribution in [0.3, 0.4) is 0 Å². The van der Waals surface area contributed by atoms with Gasteiger partial charge in [0.15, 0.2) is 0 Å². The molecule has 1 heterocycles. The third kappa shape index (κ3) is 4.43. The van der Waals surface area contributed by atoms with Crippen LogP contribution in [0.1, 0.15) is 44.9 Å². The van der Waals surface area contributed by atoms with E-state index in [4.69, 9.17) is 0 Å².